The average Bonchev–Trinajstić information content (AvgIpc) is 2.69. The van der Waals surface area contributed by atoms with Gasteiger partial charge in [0.1, 0.15) is 0 Å². The predicted octanol–water partition coefficient (Wildman–Crippen LogP) is -0.133. The SMILES string of the molecule is COC(=O)C1(O)NCC2CCCC21. The summed E-state index contributed by atoms with van der Waals surface area (Å²) < 4.78 is 4.59. The normalized spacial score (nSPS) is 43.2. The molecular formula is C9H15NO3. The number of esters is 1. The lowest BCUT2D eigenvalue weighted by Gasteiger charge is -2.25. The molecule has 0 spiro atoms. The molecule has 1 aliphatic carbocycles. The van der Waals surface area contributed by atoms with Gasteiger partial charge in [0.15, 0.2) is 0 Å². The van der Waals surface area contributed by atoms with E-state index in [0.29, 0.717) is 5.92 Å². The van der Waals surface area contributed by atoms with Crippen molar-refractivity contribution >= 4 is 5.97 Å². The molecular weight excluding hydrogens is 170 g/mol. The van der Waals surface area contributed by atoms with Crippen LogP contribution in [0.2, 0.25) is 0 Å². The molecule has 0 aromatic heterocycles. The molecule has 1 heterocycles. The Morgan fingerprint density at radius 1 is 1.62 bits per heavy atom. The van der Waals surface area contributed by atoms with Crippen molar-refractivity contribution in [3.63, 3.8) is 0 Å². The van der Waals surface area contributed by atoms with E-state index in [-0.39, 0.29) is 5.92 Å². The molecule has 2 aliphatic rings. The summed E-state index contributed by atoms with van der Waals surface area (Å²) in [6.45, 7) is 0.732. The first kappa shape index (κ1) is 8.97. The van der Waals surface area contributed by atoms with Crippen LogP contribution in [-0.4, -0.2) is 30.5 Å². The third-order valence-electron chi connectivity index (χ3n) is 3.33. The van der Waals surface area contributed by atoms with Crippen molar-refractivity contribution in [2.75, 3.05) is 13.7 Å². The van der Waals surface area contributed by atoms with E-state index in [0.717, 1.165) is 25.8 Å². The summed E-state index contributed by atoms with van der Waals surface area (Å²) in [6, 6.07) is 0. The molecule has 4 nitrogen and oxygen atoms in total. The number of carbonyl (C=O) groups is 1. The van der Waals surface area contributed by atoms with E-state index in [1.54, 1.807) is 0 Å². The van der Waals surface area contributed by atoms with Crippen LogP contribution in [-0.2, 0) is 9.53 Å². The van der Waals surface area contributed by atoms with E-state index >= 15 is 0 Å². The lowest BCUT2D eigenvalue weighted by molar-refractivity contribution is -0.169. The Morgan fingerprint density at radius 3 is 3.08 bits per heavy atom. The van der Waals surface area contributed by atoms with Crippen molar-refractivity contribution in [1.82, 2.24) is 5.32 Å². The van der Waals surface area contributed by atoms with E-state index < -0.39 is 11.7 Å². The minimum absolute atomic E-state index is 0.0555. The number of hydrogen-bond acceptors (Lipinski definition) is 4. The Morgan fingerprint density at radius 2 is 2.38 bits per heavy atom. The van der Waals surface area contributed by atoms with Gasteiger partial charge < -0.3 is 9.84 Å². The zero-order valence-corrected chi connectivity index (χ0v) is 7.75. The minimum Gasteiger partial charge on any atom is -0.466 e. The maximum absolute atomic E-state index is 11.3. The van der Waals surface area contributed by atoms with Crippen LogP contribution in [0.15, 0.2) is 0 Å². The van der Waals surface area contributed by atoms with Crippen LogP contribution >= 0.6 is 0 Å². The molecule has 13 heavy (non-hydrogen) atoms. The van der Waals surface area contributed by atoms with E-state index in [1.165, 1.54) is 7.11 Å². The molecule has 0 amide bonds. The number of methoxy groups -OCH3 is 1. The summed E-state index contributed by atoms with van der Waals surface area (Å²) >= 11 is 0. The second-order valence-electron chi connectivity index (χ2n) is 3.94. The fourth-order valence-corrected chi connectivity index (χ4v) is 2.63. The lowest BCUT2D eigenvalue weighted by Crippen LogP contribution is -2.52. The Hall–Kier alpha value is -0.610. The number of hydrogen-bond donors (Lipinski definition) is 2. The summed E-state index contributed by atoms with van der Waals surface area (Å²) in [4.78, 5) is 11.3. The first-order valence-corrected chi connectivity index (χ1v) is 4.74. The summed E-state index contributed by atoms with van der Waals surface area (Å²) in [7, 11) is 1.31. The fourth-order valence-electron chi connectivity index (χ4n) is 2.63. The van der Waals surface area contributed by atoms with Gasteiger partial charge in [0.05, 0.1) is 7.11 Å². The van der Waals surface area contributed by atoms with Crippen molar-refractivity contribution < 1.29 is 14.6 Å². The molecule has 2 rings (SSSR count). The summed E-state index contributed by atoms with van der Waals surface area (Å²) in [6.07, 6.45) is 3.14. The Balaban J connectivity index is 2.18. The standard InChI is InChI=1S/C9H15NO3/c1-13-8(11)9(12)7-4-2-3-6(7)5-10-9/h6-7,10,12H,2-5H2,1H3. The molecule has 3 atom stereocenters. The maximum Gasteiger partial charge on any atom is 0.353 e. The van der Waals surface area contributed by atoms with Crippen LogP contribution in [0.5, 0.6) is 0 Å². The zero-order chi connectivity index (χ0) is 9.47. The smallest absolute Gasteiger partial charge is 0.353 e. The van der Waals surface area contributed by atoms with Gasteiger partial charge in [0, 0.05) is 12.5 Å². The van der Waals surface area contributed by atoms with Gasteiger partial charge in [-0.25, -0.2) is 4.79 Å². The van der Waals surface area contributed by atoms with Gasteiger partial charge >= 0.3 is 5.97 Å². The first-order chi connectivity index (χ1) is 6.18. The Bertz CT molecular complexity index is 231. The molecule has 4 heteroatoms. The fraction of sp³-hybridized carbons (Fsp3) is 0.889. The quantitative estimate of drug-likeness (QED) is 0.559. The third kappa shape index (κ3) is 1.16. The second-order valence-corrected chi connectivity index (χ2v) is 3.94. The number of ether oxygens (including phenoxy) is 1. The number of nitrogens with one attached hydrogen (secondary N) is 1. The molecule has 2 N–H and O–H groups in total. The molecule has 74 valence electrons. The summed E-state index contributed by atoms with van der Waals surface area (Å²) in [5, 5.41) is 12.9. The van der Waals surface area contributed by atoms with E-state index in [2.05, 4.69) is 10.1 Å². The highest BCUT2D eigenvalue weighted by Crippen LogP contribution is 2.42. The van der Waals surface area contributed by atoms with E-state index in [4.69, 9.17) is 0 Å². The molecule has 3 unspecified atom stereocenters. The predicted molar refractivity (Wildman–Crippen MR) is 45.8 cm³/mol. The van der Waals surface area contributed by atoms with Crippen LogP contribution in [0.25, 0.3) is 0 Å². The van der Waals surface area contributed by atoms with Gasteiger partial charge in [-0.05, 0) is 18.8 Å². The minimum atomic E-state index is -1.41. The van der Waals surface area contributed by atoms with Crippen LogP contribution in [0.1, 0.15) is 19.3 Å². The monoisotopic (exact) mass is 185 g/mol. The first-order valence-electron chi connectivity index (χ1n) is 4.74. The second kappa shape index (κ2) is 2.96. The highest BCUT2D eigenvalue weighted by molar-refractivity contribution is 5.79. The van der Waals surface area contributed by atoms with E-state index in [1.807, 2.05) is 0 Å². The Kier molecular flexibility index (Phi) is 2.04. The van der Waals surface area contributed by atoms with Crippen molar-refractivity contribution in [3.05, 3.63) is 0 Å². The number of carbonyl (C=O) groups excluding carboxylic acids is 1. The summed E-state index contributed by atoms with van der Waals surface area (Å²) in [5.41, 5.74) is -1.41. The largest absolute Gasteiger partial charge is 0.466 e. The van der Waals surface area contributed by atoms with Gasteiger partial charge in [-0.1, -0.05) is 6.42 Å². The molecule has 1 saturated carbocycles. The molecule has 2 fully saturated rings. The zero-order valence-electron chi connectivity index (χ0n) is 7.75. The molecule has 1 saturated heterocycles. The van der Waals surface area contributed by atoms with Gasteiger partial charge in [0.2, 0.25) is 5.72 Å². The van der Waals surface area contributed by atoms with Crippen LogP contribution in [0.3, 0.4) is 0 Å². The average molecular weight is 185 g/mol. The highest BCUT2D eigenvalue weighted by atomic mass is 16.5. The number of aliphatic hydroxyl groups is 1. The van der Waals surface area contributed by atoms with Crippen molar-refractivity contribution in [2.45, 2.75) is 25.0 Å². The van der Waals surface area contributed by atoms with Gasteiger partial charge in [0.25, 0.3) is 0 Å². The van der Waals surface area contributed by atoms with Crippen molar-refractivity contribution in [1.29, 1.82) is 0 Å². The van der Waals surface area contributed by atoms with Gasteiger partial charge in [-0.15, -0.1) is 0 Å². The van der Waals surface area contributed by atoms with Crippen LogP contribution < -0.4 is 5.32 Å². The topological polar surface area (TPSA) is 58.6 Å². The molecule has 1 aliphatic heterocycles. The number of rotatable bonds is 1. The maximum atomic E-state index is 11.3. The molecule has 0 aromatic carbocycles. The molecule has 0 radical (unpaired) electrons. The van der Waals surface area contributed by atoms with Crippen LogP contribution in [0.4, 0.5) is 0 Å². The van der Waals surface area contributed by atoms with Gasteiger partial charge in [-0.2, -0.15) is 0 Å². The Labute approximate surface area is 77.3 Å². The molecule has 0 aromatic rings. The molecule has 0 bridgehead atoms. The number of fused-ring (bicyclic) bond motifs is 1. The summed E-state index contributed by atoms with van der Waals surface area (Å²) in [5.74, 6) is -0.0362. The van der Waals surface area contributed by atoms with E-state index in [9.17, 15) is 9.90 Å². The highest BCUT2D eigenvalue weighted by Gasteiger charge is 2.54. The van der Waals surface area contributed by atoms with Gasteiger partial charge in [-0.3, -0.25) is 5.32 Å². The lowest BCUT2D eigenvalue weighted by atomic mass is 9.91. The van der Waals surface area contributed by atoms with Crippen LogP contribution in [0, 0.1) is 11.8 Å². The third-order valence-corrected chi connectivity index (χ3v) is 3.33. The van der Waals surface area contributed by atoms with Crippen molar-refractivity contribution in [2.24, 2.45) is 11.8 Å². The van der Waals surface area contributed by atoms with Crippen molar-refractivity contribution in [3.8, 4) is 0 Å².